The number of nitrogens with one attached hydrogen (secondary N) is 1. The van der Waals surface area contributed by atoms with Crippen LogP contribution in [0.1, 0.15) is 5.56 Å². The zero-order chi connectivity index (χ0) is 10.6. The van der Waals surface area contributed by atoms with Crippen molar-refractivity contribution in [2.24, 2.45) is 11.5 Å². The van der Waals surface area contributed by atoms with E-state index in [1.54, 1.807) is 0 Å². The van der Waals surface area contributed by atoms with Crippen LogP contribution in [0, 0.1) is 6.92 Å². The van der Waals surface area contributed by atoms with Gasteiger partial charge in [-0.2, -0.15) is 0 Å². The number of carbonyl (C=O) groups is 1. The van der Waals surface area contributed by atoms with Crippen LogP contribution in [-0.2, 0) is 4.79 Å². The summed E-state index contributed by atoms with van der Waals surface area (Å²) in [5.41, 5.74) is 12.6. The molecule has 5 N–H and O–H groups in total. The Morgan fingerprint density at radius 2 is 2.00 bits per heavy atom. The number of nitrogens with two attached hydrogens (primary N) is 2. The van der Waals surface area contributed by atoms with Crippen molar-refractivity contribution in [3.05, 3.63) is 29.8 Å². The molecule has 0 unspecified atom stereocenters. The molecule has 0 saturated carbocycles. The molecule has 0 bridgehead atoms. The highest BCUT2D eigenvalue weighted by molar-refractivity contribution is 5.80. The van der Waals surface area contributed by atoms with E-state index in [0.717, 1.165) is 5.69 Å². The predicted octanol–water partition coefficient (Wildman–Crippen LogP) is 0.220. The minimum atomic E-state index is -0.642. The van der Waals surface area contributed by atoms with Gasteiger partial charge < -0.3 is 16.8 Å². The highest BCUT2D eigenvalue weighted by atomic mass is 16.1. The van der Waals surface area contributed by atoms with Gasteiger partial charge in [-0.15, -0.1) is 0 Å². The van der Waals surface area contributed by atoms with Gasteiger partial charge in [0.15, 0.2) is 0 Å². The summed E-state index contributed by atoms with van der Waals surface area (Å²) in [7, 11) is 0. The van der Waals surface area contributed by atoms with E-state index in [2.05, 4.69) is 5.32 Å². The van der Waals surface area contributed by atoms with Gasteiger partial charge in [0.1, 0.15) is 6.04 Å². The van der Waals surface area contributed by atoms with E-state index in [9.17, 15) is 4.79 Å². The second kappa shape index (κ2) is 4.62. The van der Waals surface area contributed by atoms with Gasteiger partial charge in [-0.25, -0.2) is 0 Å². The molecule has 0 aromatic heterocycles. The molecule has 0 saturated heterocycles. The normalized spacial score (nSPS) is 12.1. The van der Waals surface area contributed by atoms with E-state index in [4.69, 9.17) is 11.5 Å². The van der Waals surface area contributed by atoms with Gasteiger partial charge in [-0.05, 0) is 19.1 Å². The molecule has 1 aromatic rings. The lowest BCUT2D eigenvalue weighted by Crippen LogP contribution is -2.41. The Bertz CT molecular complexity index is 308. The Balaban J connectivity index is 2.46. The zero-order valence-electron chi connectivity index (χ0n) is 8.16. The molecule has 4 nitrogen and oxygen atoms in total. The Labute approximate surface area is 83.3 Å². The van der Waals surface area contributed by atoms with E-state index in [0.29, 0.717) is 6.54 Å². The van der Waals surface area contributed by atoms with Crippen LogP contribution in [0.4, 0.5) is 5.69 Å². The SMILES string of the molecule is Cc1ccc(NC[C@H](N)C(N)=O)cc1. The van der Waals surface area contributed by atoms with Crippen LogP contribution in [0.5, 0.6) is 0 Å². The number of benzene rings is 1. The topological polar surface area (TPSA) is 81.1 Å². The average molecular weight is 193 g/mol. The molecule has 1 atom stereocenters. The lowest BCUT2D eigenvalue weighted by molar-refractivity contribution is -0.118. The number of primary amides is 1. The van der Waals surface area contributed by atoms with Gasteiger partial charge >= 0.3 is 0 Å². The van der Waals surface area contributed by atoms with Gasteiger partial charge in [0.05, 0.1) is 0 Å². The van der Waals surface area contributed by atoms with Gasteiger partial charge in [0, 0.05) is 12.2 Å². The lowest BCUT2D eigenvalue weighted by Gasteiger charge is -2.10. The monoisotopic (exact) mass is 193 g/mol. The molecule has 0 aliphatic rings. The van der Waals surface area contributed by atoms with Crippen LogP contribution < -0.4 is 16.8 Å². The van der Waals surface area contributed by atoms with Gasteiger partial charge in [-0.1, -0.05) is 17.7 Å². The number of aryl methyl sites for hydroxylation is 1. The first-order chi connectivity index (χ1) is 6.59. The first kappa shape index (κ1) is 10.5. The van der Waals surface area contributed by atoms with Crippen molar-refractivity contribution >= 4 is 11.6 Å². The second-order valence-electron chi connectivity index (χ2n) is 3.26. The fraction of sp³-hybridized carbons (Fsp3) is 0.300. The fourth-order valence-corrected chi connectivity index (χ4v) is 1.000. The molecular formula is C10H15N3O. The van der Waals surface area contributed by atoms with Crippen molar-refractivity contribution in [2.45, 2.75) is 13.0 Å². The molecule has 14 heavy (non-hydrogen) atoms. The third-order valence-electron chi connectivity index (χ3n) is 1.94. The van der Waals surface area contributed by atoms with Crippen LogP contribution in [0.25, 0.3) is 0 Å². The van der Waals surface area contributed by atoms with Crippen LogP contribution in [0.15, 0.2) is 24.3 Å². The number of carbonyl (C=O) groups excluding carboxylic acids is 1. The van der Waals surface area contributed by atoms with Crippen molar-refractivity contribution in [2.75, 3.05) is 11.9 Å². The van der Waals surface area contributed by atoms with E-state index in [1.165, 1.54) is 5.56 Å². The third-order valence-corrected chi connectivity index (χ3v) is 1.94. The summed E-state index contributed by atoms with van der Waals surface area (Å²) in [5.74, 6) is -0.496. The zero-order valence-corrected chi connectivity index (χ0v) is 8.16. The Morgan fingerprint density at radius 3 is 2.50 bits per heavy atom. The molecule has 0 aliphatic heterocycles. The Morgan fingerprint density at radius 1 is 1.43 bits per heavy atom. The van der Waals surface area contributed by atoms with Crippen LogP contribution in [-0.4, -0.2) is 18.5 Å². The van der Waals surface area contributed by atoms with Crippen LogP contribution in [0.2, 0.25) is 0 Å². The summed E-state index contributed by atoms with van der Waals surface area (Å²) in [6.07, 6.45) is 0. The van der Waals surface area contributed by atoms with Crippen molar-refractivity contribution in [1.82, 2.24) is 0 Å². The van der Waals surface area contributed by atoms with Crippen molar-refractivity contribution in [3.63, 3.8) is 0 Å². The largest absolute Gasteiger partial charge is 0.383 e. The summed E-state index contributed by atoms with van der Waals surface area (Å²) in [5, 5.41) is 3.03. The van der Waals surface area contributed by atoms with Gasteiger partial charge in [0.25, 0.3) is 0 Å². The quantitative estimate of drug-likeness (QED) is 0.639. The van der Waals surface area contributed by atoms with Gasteiger partial charge in [0.2, 0.25) is 5.91 Å². The van der Waals surface area contributed by atoms with Crippen molar-refractivity contribution in [1.29, 1.82) is 0 Å². The number of hydrogen-bond donors (Lipinski definition) is 3. The number of amides is 1. The Hall–Kier alpha value is -1.55. The van der Waals surface area contributed by atoms with Crippen LogP contribution in [0.3, 0.4) is 0 Å². The van der Waals surface area contributed by atoms with Crippen molar-refractivity contribution in [3.8, 4) is 0 Å². The third kappa shape index (κ3) is 3.06. The molecule has 1 rings (SSSR count). The first-order valence-corrected chi connectivity index (χ1v) is 4.45. The average Bonchev–Trinajstić information content (AvgIpc) is 2.16. The maximum atomic E-state index is 10.6. The molecule has 4 heteroatoms. The maximum absolute atomic E-state index is 10.6. The maximum Gasteiger partial charge on any atom is 0.236 e. The molecule has 0 radical (unpaired) electrons. The molecule has 76 valence electrons. The summed E-state index contributed by atoms with van der Waals surface area (Å²) < 4.78 is 0. The molecular weight excluding hydrogens is 178 g/mol. The lowest BCUT2D eigenvalue weighted by atomic mass is 10.2. The summed E-state index contributed by atoms with van der Waals surface area (Å²) in [6.45, 7) is 2.37. The first-order valence-electron chi connectivity index (χ1n) is 4.45. The van der Waals surface area contributed by atoms with Gasteiger partial charge in [-0.3, -0.25) is 4.79 Å². The van der Waals surface area contributed by atoms with E-state index in [-0.39, 0.29) is 0 Å². The molecule has 0 spiro atoms. The minimum absolute atomic E-state index is 0.360. The number of anilines is 1. The highest BCUT2D eigenvalue weighted by Crippen LogP contribution is 2.07. The minimum Gasteiger partial charge on any atom is -0.383 e. The summed E-state index contributed by atoms with van der Waals surface area (Å²) in [4.78, 5) is 10.6. The van der Waals surface area contributed by atoms with E-state index < -0.39 is 11.9 Å². The fourth-order valence-electron chi connectivity index (χ4n) is 1.000. The smallest absolute Gasteiger partial charge is 0.236 e. The molecule has 0 fully saturated rings. The van der Waals surface area contributed by atoms with E-state index in [1.807, 2.05) is 31.2 Å². The van der Waals surface area contributed by atoms with Crippen LogP contribution >= 0.6 is 0 Å². The summed E-state index contributed by atoms with van der Waals surface area (Å²) in [6, 6.07) is 7.19. The molecule has 0 heterocycles. The molecule has 1 aromatic carbocycles. The highest BCUT2D eigenvalue weighted by Gasteiger charge is 2.07. The van der Waals surface area contributed by atoms with E-state index >= 15 is 0 Å². The molecule has 0 aliphatic carbocycles. The Kier molecular flexibility index (Phi) is 3.48. The van der Waals surface area contributed by atoms with Crippen molar-refractivity contribution < 1.29 is 4.79 Å². The molecule has 1 amide bonds. The number of rotatable bonds is 4. The second-order valence-corrected chi connectivity index (χ2v) is 3.26. The standard InChI is InChI=1S/C10H15N3O/c1-7-2-4-8(5-3-7)13-6-9(11)10(12)14/h2-5,9,13H,6,11H2,1H3,(H2,12,14)/t9-/m0/s1. The predicted molar refractivity (Wildman–Crippen MR) is 56.8 cm³/mol. The number of hydrogen-bond acceptors (Lipinski definition) is 3. The summed E-state index contributed by atoms with van der Waals surface area (Å²) >= 11 is 0.